The zero-order chi connectivity index (χ0) is 13.8. The number of pyridine rings is 1. The van der Waals surface area contributed by atoms with Gasteiger partial charge >= 0.3 is 0 Å². The molecule has 2 aromatic carbocycles. The lowest BCUT2D eigenvalue weighted by atomic mass is 10.1. The summed E-state index contributed by atoms with van der Waals surface area (Å²) in [5.74, 6) is 0.620. The highest BCUT2D eigenvalue weighted by atomic mass is 16.5. The predicted octanol–water partition coefficient (Wildman–Crippen LogP) is 3.31. The topological polar surface area (TPSA) is 42.4 Å². The summed E-state index contributed by atoms with van der Waals surface area (Å²) < 4.78 is 5.70. The van der Waals surface area contributed by atoms with Gasteiger partial charge in [0.15, 0.2) is 0 Å². The van der Waals surface area contributed by atoms with Crippen LogP contribution in [0.5, 0.6) is 5.88 Å². The van der Waals surface area contributed by atoms with E-state index in [0.717, 1.165) is 22.0 Å². The van der Waals surface area contributed by atoms with Crippen LogP contribution in [-0.4, -0.2) is 10.1 Å². The number of hydrogen-bond donors (Lipinski definition) is 1. The van der Waals surface area contributed by atoms with Gasteiger partial charge in [-0.2, -0.15) is 0 Å². The summed E-state index contributed by atoms with van der Waals surface area (Å²) in [5.41, 5.74) is 2.88. The average molecular weight is 265 g/mol. The molecule has 0 aliphatic rings. The van der Waals surface area contributed by atoms with Gasteiger partial charge in [0.2, 0.25) is 5.88 Å². The van der Waals surface area contributed by atoms with Crippen LogP contribution in [0.15, 0.2) is 60.7 Å². The highest BCUT2D eigenvalue weighted by Crippen LogP contribution is 2.17. The molecule has 1 N–H and O–H groups in total. The van der Waals surface area contributed by atoms with Gasteiger partial charge in [-0.05, 0) is 23.3 Å². The third-order valence-electron chi connectivity index (χ3n) is 3.17. The van der Waals surface area contributed by atoms with Gasteiger partial charge in [-0.25, -0.2) is 4.98 Å². The Morgan fingerprint density at radius 3 is 2.40 bits per heavy atom. The molecule has 0 fully saturated rings. The van der Waals surface area contributed by atoms with Gasteiger partial charge in [-0.1, -0.05) is 42.5 Å². The highest BCUT2D eigenvalue weighted by Gasteiger charge is 2.00. The number of aliphatic hydroxyl groups is 1. The Bertz CT molecular complexity index is 708. The minimum atomic E-state index is 0.0629. The van der Waals surface area contributed by atoms with E-state index in [9.17, 15) is 0 Å². The first-order valence-electron chi connectivity index (χ1n) is 6.52. The molecule has 1 aromatic heterocycles. The maximum atomic E-state index is 9.00. The van der Waals surface area contributed by atoms with Gasteiger partial charge in [0.25, 0.3) is 0 Å². The van der Waals surface area contributed by atoms with Gasteiger partial charge in [0.1, 0.15) is 6.61 Å². The van der Waals surface area contributed by atoms with Crippen LogP contribution in [0.25, 0.3) is 10.9 Å². The van der Waals surface area contributed by atoms with Crippen molar-refractivity contribution in [3.05, 3.63) is 71.8 Å². The molecular weight excluding hydrogens is 250 g/mol. The fraction of sp³-hybridized carbons (Fsp3) is 0.118. The van der Waals surface area contributed by atoms with Crippen LogP contribution >= 0.6 is 0 Å². The average Bonchev–Trinajstić information content (AvgIpc) is 2.53. The zero-order valence-corrected chi connectivity index (χ0v) is 11.0. The van der Waals surface area contributed by atoms with E-state index in [1.807, 2.05) is 60.7 Å². The Balaban J connectivity index is 1.72. The number of benzene rings is 2. The standard InChI is InChI=1S/C17H15NO2/c19-11-13-5-7-14(8-6-13)12-20-17-10-9-15-3-1-2-4-16(15)18-17/h1-10,19H,11-12H2. The molecule has 3 nitrogen and oxygen atoms in total. The number of aromatic nitrogens is 1. The van der Waals surface area contributed by atoms with Crippen LogP contribution < -0.4 is 4.74 Å². The van der Waals surface area contributed by atoms with Crippen molar-refractivity contribution >= 4 is 10.9 Å². The Morgan fingerprint density at radius 1 is 0.850 bits per heavy atom. The summed E-state index contributed by atoms with van der Waals surface area (Å²) in [7, 11) is 0. The maximum absolute atomic E-state index is 9.00. The molecule has 3 heteroatoms. The first-order valence-corrected chi connectivity index (χ1v) is 6.52. The number of rotatable bonds is 4. The Labute approximate surface area is 117 Å². The number of aliphatic hydroxyl groups excluding tert-OH is 1. The quantitative estimate of drug-likeness (QED) is 0.787. The Hall–Kier alpha value is -2.39. The van der Waals surface area contributed by atoms with Crippen LogP contribution in [0.4, 0.5) is 0 Å². The lowest BCUT2D eigenvalue weighted by Crippen LogP contribution is -1.97. The van der Waals surface area contributed by atoms with Gasteiger partial charge in [-0.3, -0.25) is 0 Å². The first kappa shape index (κ1) is 12.6. The van der Waals surface area contributed by atoms with Gasteiger partial charge in [0, 0.05) is 11.5 Å². The summed E-state index contributed by atoms with van der Waals surface area (Å²) in [6, 6.07) is 19.5. The van der Waals surface area contributed by atoms with Crippen LogP contribution in [-0.2, 0) is 13.2 Å². The van der Waals surface area contributed by atoms with E-state index < -0.39 is 0 Å². The SMILES string of the molecule is OCc1ccc(COc2ccc3ccccc3n2)cc1. The monoisotopic (exact) mass is 265 g/mol. The number of fused-ring (bicyclic) bond motifs is 1. The predicted molar refractivity (Wildman–Crippen MR) is 78.4 cm³/mol. The smallest absolute Gasteiger partial charge is 0.214 e. The highest BCUT2D eigenvalue weighted by molar-refractivity contribution is 5.78. The number of hydrogen-bond acceptors (Lipinski definition) is 3. The van der Waals surface area contributed by atoms with E-state index in [-0.39, 0.29) is 6.61 Å². The van der Waals surface area contributed by atoms with E-state index in [1.54, 1.807) is 0 Å². The van der Waals surface area contributed by atoms with Crippen molar-refractivity contribution in [1.29, 1.82) is 0 Å². The van der Waals surface area contributed by atoms with E-state index in [2.05, 4.69) is 4.98 Å². The second kappa shape index (κ2) is 5.72. The van der Waals surface area contributed by atoms with Crippen molar-refractivity contribution < 1.29 is 9.84 Å². The second-order valence-corrected chi connectivity index (χ2v) is 4.61. The van der Waals surface area contributed by atoms with Crippen LogP contribution in [0, 0.1) is 0 Å². The summed E-state index contributed by atoms with van der Waals surface area (Å²) in [6.45, 7) is 0.532. The summed E-state index contributed by atoms with van der Waals surface area (Å²) in [5, 5.41) is 10.1. The molecule has 0 atom stereocenters. The lowest BCUT2D eigenvalue weighted by molar-refractivity contribution is 0.281. The molecule has 1 heterocycles. The third-order valence-corrected chi connectivity index (χ3v) is 3.17. The summed E-state index contributed by atoms with van der Waals surface area (Å²) >= 11 is 0. The van der Waals surface area contributed by atoms with Crippen molar-refractivity contribution in [1.82, 2.24) is 4.98 Å². The minimum Gasteiger partial charge on any atom is -0.473 e. The molecule has 0 saturated heterocycles. The molecule has 0 unspecified atom stereocenters. The van der Waals surface area contributed by atoms with E-state index in [0.29, 0.717) is 12.5 Å². The van der Waals surface area contributed by atoms with Crippen molar-refractivity contribution in [3.63, 3.8) is 0 Å². The largest absolute Gasteiger partial charge is 0.473 e. The zero-order valence-electron chi connectivity index (χ0n) is 11.0. The summed E-state index contributed by atoms with van der Waals surface area (Å²) in [6.07, 6.45) is 0. The lowest BCUT2D eigenvalue weighted by Gasteiger charge is -2.07. The van der Waals surface area contributed by atoms with E-state index in [4.69, 9.17) is 9.84 Å². The van der Waals surface area contributed by atoms with E-state index in [1.165, 1.54) is 0 Å². The number of para-hydroxylation sites is 1. The molecule has 20 heavy (non-hydrogen) atoms. The van der Waals surface area contributed by atoms with Gasteiger partial charge in [-0.15, -0.1) is 0 Å². The second-order valence-electron chi connectivity index (χ2n) is 4.61. The fourth-order valence-electron chi connectivity index (χ4n) is 2.03. The van der Waals surface area contributed by atoms with Crippen molar-refractivity contribution in [3.8, 4) is 5.88 Å². The molecule has 0 aliphatic carbocycles. The van der Waals surface area contributed by atoms with Gasteiger partial charge < -0.3 is 9.84 Å². The molecule has 0 aliphatic heterocycles. The Kier molecular flexibility index (Phi) is 3.61. The van der Waals surface area contributed by atoms with Gasteiger partial charge in [0.05, 0.1) is 12.1 Å². The molecule has 3 aromatic rings. The molecule has 0 amide bonds. The normalized spacial score (nSPS) is 10.7. The molecule has 0 saturated carbocycles. The third kappa shape index (κ3) is 2.78. The molecule has 100 valence electrons. The van der Waals surface area contributed by atoms with Crippen LogP contribution in [0.1, 0.15) is 11.1 Å². The molecule has 3 rings (SSSR count). The number of ether oxygens (including phenoxy) is 1. The first-order chi connectivity index (χ1) is 9.85. The van der Waals surface area contributed by atoms with Crippen molar-refractivity contribution in [2.75, 3.05) is 0 Å². The summed E-state index contributed by atoms with van der Waals surface area (Å²) in [4.78, 5) is 4.46. The van der Waals surface area contributed by atoms with Crippen molar-refractivity contribution in [2.24, 2.45) is 0 Å². The minimum absolute atomic E-state index is 0.0629. The van der Waals surface area contributed by atoms with Crippen molar-refractivity contribution in [2.45, 2.75) is 13.2 Å². The fourth-order valence-corrected chi connectivity index (χ4v) is 2.03. The Morgan fingerprint density at radius 2 is 1.60 bits per heavy atom. The molecular formula is C17H15NO2. The number of nitrogens with zero attached hydrogens (tertiary/aromatic N) is 1. The maximum Gasteiger partial charge on any atom is 0.214 e. The molecule has 0 spiro atoms. The molecule has 0 radical (unpaired) electrons. The molecule has 0 bridgehead atoms. The van der Waals surface area contributed by atoms with Crippen LogP contribution in [0.3, 0.4) is 0 Å². The van der Waals surface area contributed by atoms with E-state index >= 15 is 0 Å². The van der Waals surface area contributed by atoms with Crippen LogP contribution in [0.2, 0.25) is 0 Å².